The van der Waals surface area contributed by atoms with E-state index in [4.69, 9.17) is 23.2 Å². The molecule has 0 unspecified atom stereocenters. The molecule has 0 spiro atoms. The van der Waals surface area contributed by atoms with Crippen molar-refractivity contribution in [3.63, 3.8) is 0 Å². The Bertz CT molecular complexity index is 2250. The van der Waals surface area contributed by atoms with Gasteiger partial charge in [0, 0.05) is 63.8 Å². The summed E-state index contributed by atoms with van der Waals surface area (Å²) in [5.74, 6) is 0. The van der Waals surface area contributed by atoms with Crippen LogP contribution in [0.25, 0.3) is 0 Å². The van der Waals surface area contributed by atoms with Crippen molar-refractivity contribution in [1.29, 1.82) is 0 Å². The molecule has 6 nitrogen and oxygen atoms in total. The molecule has 1 N–H and O–H groups in total. The monoisotopic (exact) mass is 894 g/mol. The minimum Gasteiger partial charge on any atom is -0.341 e. The van der Waals surface area contributed by atoms with E-state index in [1.807, 2.05) is 19.2 Å². The van der Waals surface area contributed by atoms with Gasteiger partial charge in [0.15, 0.2) is 0 Å². The quantitative estimate of drug-likeness (QED) is 0.123. The molecule has 336 valence electrons. The van der Waals surface area contributed by atoms with Gasteiger partial charge in [-0.05, 0) is 195 Å². The van der Waals surface area contributed by atoms with Gasteiger partial charge in [-0.2, -0.15) is 0 Å². The topological polar surface area (TPSA) is 28.2 Å². The van der Waals surface area contributed by atoms with Gasteiger partial charge < -0.3 is 29.8 Å². The van der Waals surface area contributed by atoms with E-state index in [1.54, 1.807) is 0 Å². The van der Waals surface area contributed by atoms with Gasteiger partial charge in [0.05, 0.1) is 0 Å². The zero-order chi connectivity index (χ0) is 44.8. The van der Waals surface area contributed by atoms with Crippen LogP contribution >= 0.6 is 23.2 Å². The maximum absolute atomic E-state index is 6.27. The third kappa shape index (κ3) is 12.3. The fraction of sp³-hybridized carbons (Fsp3) is 0.357. The molecule has 64 heavy (non-hydrogen) atoms. The van der Waals surface area contributed by atoms with Crippen LogP contribution in [0.2, 0.25) is 10.0 Å². The number of halogens is 2. The normalized spacial score (nSPS) is 13.7. The van der Waals surface area contributed by atoms with Crippen molar-refractivity contribution in [2.24, 2.45) is 0 Å². The average molecular weight is 896 g/mol. The van der Waals surface area contributed by atoms with Crippen molar-refractivity contribution in [3.05, 3.63) is 177 Å². The van der Waals surface area contributed by atoms with Crippen LogP contribution in [0.3, 0.4) is 0 Å². The van der Waals surface area contributed by atoms with E-state index >= 15 is 0 Å². The number of anilines is 6. The van der Waals surface area contributed by atoms with Crippen molar-refractivity contribution in [2.75, 3.05) is 89.2 Å². The molecule has 3 aliphatic rings. The number of hydrogen-bond acceptors (Lipinski definition) is 6. The SMILES string of the molecule is CN(C)CCCN1c2ccccc2CCc2ccc(Cl)cc21.CN(C)CCCN1c2ccccc2CCc2ccc(Cl)cc21.CNCCCN1c2ccccc2CCc2ccccc21. The van der Waals surface area contributed by atoms with Crippen LogP contribution in [0.15, 0.2) is 133 Å². The highest BCUT2D eigenvalue weighted by atomic mass is 35.5. The van der Waals surface area contributed by atoms with Crippen molar-refractivity contribution in [2.45, 2.75) is 57.8 Å². The molecule has 0 bridgehead atoms. The van der Waals surface area contributed by atoms with E-state index in [0.717, 1.165) is 107 Å². The second-order valence-electron chi connectivity index (χ2n) is 17.8. The third-order valence-corrected chi connectivity index (χ3v) is 13.0. The highest BCUT2D eigenvalue weighted by Crippen LogP contribution is 2.40. The Morgan fingerprint density at radius 3 is 1.03 bits per heavy atom. The number of aryl methyl sites for hydroxylation is 6. The number of hydrogen-bond donors (Lipinski definition) is 1. The fourth-order valence-corrected chi connectivity index (χ4v) is 9.70. The van der Waals surface area contributed by atoms with Crippen LogP contribution in [-0.4, -0.2) is 84.3 Å². The first-order valence-electron chi connectivity index (χ1n) is 23.3. The summed E-state index contributed by atoms with van der Waals surface area (Å²) in [5, 5.41) is 4.88. The van der Waals surface area contributed by atoms with E-state index in [0.29, 0.717) is 0 Å². The van der Waals surface area contributed by atoms with Crippen LogP contribution in [0.5, 0.6) is 0 Å². The highest BCUT2D eigenvalue weighted by Gasteiger charge is 2.23. The number of rotatable bonds is 12. The molecule has 0 aliphatic carbocycles. The van der Waals surface area contributed by atoms with Gasteiger partial charge in [-0.25, -0.2) is 0 Å². The lowest BCUT2D eigenvalue weighted by atomic mass is 10.0. The first-order valence-corrected chi connectivity index (χ1v) is 24.1. The van der Waals surface area contributed by atoms with E-state index < -0.39 is 0 Å². The van der Waals surface area contributed by atoms with Crippen molar-refractivity contribution in [3.8, 4) is 0 Å². The summed E-state index contributed by atoms with van der Waals surface area (Å²) in [6, 6.07) is 47.8. The summed E-state index contributed by atoms with van der Waals surface area (Å²) in [6.07, 6.45) is 10.0. The van der Waals surface area contributed by atoms with E-state index in [1.165, 1.54) is 67.5 Å². The maximum Gasteiger partial charge on any atom is 0.0458 e. The molecule has 0 fully saturated rings. The first kappa shape index (κ1) is 47.2. The Hall–Kier alpha value is -4.82. The zero-order valence-electron chi connectivity index (χ0n) is 38.8. The minimum atomic E-state index is 0.816. The summed E-state index contributed by atoms with van der Waals surface area (Å²) < 4.78 is 0. The molecule has 6 aromatic rings. The van der Waals surface area contributed by atoms with Crippen molar-refractivity contribution in [1.82, 2.24) is 15.1 Å². The summed E-state index contributed by atoms with van der Waals surface area (Å²) in [7, 11) is 10.5. The average Bonchev–Trinajstić information content (AvgIpc) is 3.64. The number of fused-ring (bicyclic) bond motifs is 6. The fourth-order valence-electron chi connectivity index (χ4n) is 9.37. The van der Waals surface area contributed by atoms with E-state index in [-0.39, 0.29) is 0 Å². The van der Waals surface area contributed by atoms with Gasteiger partial charge in [-0.15, -0.1) is 0 Å². The van der Waals surface area contributed by atoms with Crippen LogP contribution in [-0.2, 0) is 38.5 Å². The van der Waals surface area contributed by atoms with Gasteiger partial charge >= 0.3 is 0 Å². The Balaban J connectivity index is 0.000000144. The van der Waals surface area contributed by atoms with Gasteiger partial charge in [0.1, 0.15) is 0 Å². The lowest BCUT2D eigenvalue weighted by Gasteiger charge is -2.27. The first-order chi connectivity index (χ1) is 31.2. The molecule has 0 atom stereocenters. The molecule has 0 saturated carbocycles. The molecule has 0 saturated heterocycles. The van der Waals surface area contributed by atoms with Gasteiger partial charge in [-0.3, -0.25) is 0 Å². The maximum atomic E-state index is 6.27. The predicted molar refractivity (Wildman–Crippen MR) is 277 cm³/mol. The smallest absolute Gasteiger partial charge is 0.0458 e. The molecular formula is C56H68Cl2N6. The molecule has 0 aromatic heterocycles. The Morgan fingerprint density at radius 1 is 0.406 bits per heavy atom. The van der Waals surface area contributed by atoms with Gasteiger partial charge in [-0.1, -0.05) is 108 Å². The summed E-state index contributed by atoms with van der Waals surface area (Å²) in [5.41, 5.74) is 16.6. The molecule has 0 amide bonds. The zero-order valence-corrected chi connectivity index (χ0v) is 40.3. The number of para-hydroxylation sites is 4. The Kier molecular flexibility index (Phi) is 17.2. The van der Waals surface area contributed by atoms with Gasteiger partial charge in [0.25, 0.3) is 0 Å². The third-order valence-electron chi connectivity index (χ3n) is 12.6. The van der Waals surface area contributed by atoms with Gasteiger partial charge in [0.2, 0.25) is 0 Å². The molecule has 8 heteroatoms. The van der Waals surface area contributed by atoms with Crippen molar-refractivity contribution < 1.29 is 0 Å². The molecule has 3 aliphatic heterocycles. The van der Waals surface area contributed by atoms with E-state index in [2.05, 4.69) is 179 Å². The highest BCUT2D eigenvalue weighted by molar-refractivity contribution is 6.31. The number of nitrogens with one attached hydrogen (secondary N) is 1. The summed E-state index contributed by atoms with van der Waals surface area (Å²) in [4.78, 5) is 11.9. The Morgan fingerprint density at radius 2 is 0.703 bits per heavy atom. The second kappa shape index (κ2) is 23.4. The standard InChI is InChI=1S/2C19H23ClN2.C18H22N2/c2*1-21(2)12-5-13-22-18-7-4-3-6-15(18)8-9-16-10-11-17(20)14-19(16)22;1-19-13-6-14-20-17-9-4-2-7-15(17)11-12-16-8-3-5-10-18(16)20/h2*3-4,6-7,10-11,14H,5,8-9,12-13H2,1-2H3;2-5,7-10,19H,6,11-14H2,1H3. The molecule has 0 radical (unpaired) electrons. The van der Waals surface area contributed by atoms with Crippen LogP contribution in [0.4, 0.5) is 34.1 Å². The molecular weight excluding hydrogens is 828 g/mol. The summed E-state index contributed by atoms with van der Waals surface area (Å²) >= 11 is 12.5. The summed E-state index contributed by atoms with van der Waals surface area (Å²) in [6.45, 7) is 6.34. The molecule has 6 aromatic carbocycles. The largest absolute Gasteiger partial charge is 0.341 e. The van der Waals surface area contributed by atoms with Crippen LogP contribution in [0.1, 0.15) is 52.6 Å². The Labute approximate surface area is 394 Å². The second-order valence-corrected chi connectivity index (χ2v) is 18.7. The predicted octanol–water partition coefficient (Wildman–Crippen LogP) is 12.6. The molecule has 9 rings (SSSR count). The number of benzene rings is 6. The van der Waals surface area contributed by atoms with Crippen LogP contribution < -0.4 is 20.0 Å². The number of nitrogens with zero attached hydrogens (tertiary/aromatic N) is 5. The lowest BCUT2D eigenvalue weighted by Crippen LogP contribution is -2.24. The van der Waals surface area contributed by atoms with E-state index in [9.17, 15) is 0 Å². The lowest BCUT2D eigenvalue weighted by molar-refractivity contribution is 0.402. The minimum absolute atomic E-state index is 0.816. The van der Waals surface area contributed by atoms with Crippen molar-refractivity contribution >= 4 is 57.3 Å². The van der Waals surface area contributed by atoms with Crippen LogP contribution in [0, 0.1) is 0 Å². The molecule has 3 heterocycles.